The lowest BCUT2D eigenvalue weighted by Gasteiger charge is -2.36. The number of hydrogen-bond acceptors (Lipinski definition) is 7. The molecule has 1 saturated heterocycles. The fraction of sp³-hybridized carbons (Fsp3) is 0.375. The number of benzene rings is 1. The van der Waals surface area contributed by atoms with Gasteiger partial charge in [-0.25, -0.2) is 9.18 Å². The molecule has 1 aromatic carbocycles. The van der Waals surface area contributed by atoms with Crippen LogP contribution in [0.5, 0.6) is 0 Å². The van der Waals surface area contributed by atoms with Crippen LogP contribution < -0.4 is 11.1 Å². The molecule has 2 aliphatic rings. The van der Waals surface area contributed by atoms with Crippen molar-refractivity contribution in [2.45, 2.75) is 30.2 Å². The monoisotopic (exact) mass is 367 g/mol. The van der Waals surface area contributed by atoms with E-state index < -0.39 is 54.4 Å². The highest BCUT2D eigenvalue weighted by atomic mass is 19.1. The van der Waals surface area contributed by atoms with Gasteiger partial charge in [-0.2, -0.15) is 0 Å². The SMILES string of the molecule is NC1(C(=O)c2cccc(F)c2)C=CN([C@@H]2O[C@H](CO)[C@@H](O)[C@H]2O)C(=O)N1. The predicted molar refractivity (Wildman–Crippen MR) is 84.9 cm³/mol. The summed E-state index contributed by atoms with van der Waals surface area (Å²) in [4.78, 5) is 25.8. The number of rotatable bonds is 4. The molecule has 1 unspecified atom stereocenters. The molecular weight excluding hydrogens is 349 g/mol. The van der Waals surface area contributed by atoms with Crippen molar-refractivity contribution >= 4 is 11.8 Å². The number of nitrogens with two attached hydrogens (primary N) is 1. The quantitative estimate of drug-likeness (QED) is 0.413. The Morgan fingerprint density at radius 1 is 1.38 bits per heavy atom. The predicted octanol–water partition coefficient (Wildman–Crippen LogP) is -1.36. The van der Waals surface area contributed by atoms with Gasteiger partial charge in [0, 0.05) is 11.8 Å². The van der Waals surface area contributed by atoms with Gasteiger partial charge in [0.1, 0.15) is 24.1 Å². The van der Waals surface area contributed by atoms with Gasteiger partial charge < -0.3 is 25.4 Å². The average molecular weight is 367 g/mol. The van der Waals surface area contributed by atoms with Crippen LogP contribution in [0.2, 0.25) is 0 Å². The van der Waals surface area contributed by atoms with Crippen molar-refractivity contribution in [3.8, 4) is 0 Å². The second-order valence-corrected chi connectivity index (χ2v) is 6.09. The molecule has 0 aromatic heterocycles. The summed E-state index contributed by atoms with van der Waals surface area (Å²) in [5.74, 6) is -1.36. The number of amides is 2. The average Bonchev–Trinajstić information content (AvgIpc) is 2.89. The number of hydrogen-bond donors (Lipinski definition) is 5. The Morgan fingerprint density at radius 2 is 2.12 bits per heavy atom. The first kappa shape index (κ1) is 18.4. The zero-order chi connectivity index (χ0) is 19.1. The number of carbonyl (C=O) groups excluding carboxylic acids is 2. The topological polar surface area (TPSA) is 145 Å². The molecule has 2 aliphatic heterocycles. The number of Topliss-reactive ketones (excluding diaryl/α,β-unsaturated/α-hetero) is 1. The molecule has 5 atom stereocenters. The van der Waals surface area contributed by atoms with Gasteiger partial charge >= 0.3 is 6.03 Å². The van der Waals surface area contributed by atoms with Crippen molar-refractivity contribution in [2.24, 2.45) is 5.73 Å². The number of nitrogens with one attached hydrogen (secondary N) is 1. The minimum absolute atomic E-state index is 0.0289. The summed E-state index contributed by atoms with van der Waals surface area (Å²) in [6.07, 6.45) is -2.88. The molecular formula is C16H18FN3O6. The number of aliphatic hydroxyl groups excluding tert-OH is 3. The summed E-state index contributed by atoms with van der Waals surface area (Å²) in [6.45, 7) is -0.549. The van der Waals surface area contributed by atoms with E-state index in [0.29, 0.717) is 0 Å². The van der Waals surface area contributed by atoms with Gasteiger partial charge in [0.05, 0.1) is 6.61 Å². The maximum Gasteiger partial charge on any atom is 0.325 e. The molecule has 9 nitrogen and oxygen atoms in total. The Labute approximate surface area is 147 Å². The summed E-state index contributed by atoms with van der Waals surface area (Å²) in [7, 11) is 0. The molecule has 0 saturated carbocycles. The third kappa shape index (κ3) is 3.08. The number of ketones is 1. The van der Waals surface area contributed by atoms with Crippen LogP contribution in [0, 0.1) is 5.82 Å². The van der Waals surface area contributed by atoms with Crippen molar-refractivity contribution in [1.29, 1.82) is 0 Å². The van der Waals surface area contributed by atoms with E-state index in [1.54, 1.807) is 0 Å². The first-order valence-corrected chi connectivity index (χ1v) is 7.78. The van der Waals surface area contributed by atoms with Gasteiger partial charge in [0.15, 0.2) is 11.9 Å². The van der Waals surface area contributed by atoms with Crippen molar-refractivity contribution in [3.05, 3.63) is 47.9 Å². The molecule has 10 heteroatoms. The maximum atomic E-state index is 13.3. The van der Waals surface area contributed by atoms with Crippen LogP contribution in [0.4, 0.5) is 9.18 Å². The molecule has 0 radical (unpaired) electrons. The summed E-state index contributed by atoms with van der Waals surface area (Å²) >= 11 is 0. The van der Waals surface area contributed by atoms with Crippen LogP contribution in [-0.4, -0.2) is 68.8 Å². The largest absolute Gasteiger partial charge is 0.394 e. The summed E-state index contributed by atoms with van der Waals surface area (Å²) < 4.78 is 18.6. The van der Waals surface area contributed by atoms with E-state index in [1.807, 2.05) is 0 Å². The van der Waals surface area contributed by atoms with Gasteiger partial charge in [0.2, 0.25) is 5.78 Å². The number of halogens is 1. The summed E-state index contributed by atoms with van der Waals surface area (Å²) in [5, 5.41) is 31.2. The number of nitrogens with zero attached hydrogens (tertiary/aromatic N) is 1. The van der Waals surface area contributed by atoms with Crippen molar-refractivity contribution < 1.29 is 34.0 Å². The normalized spacial score (nSPS) is 34.0. The maximum absolute atomic E-state index is 13.3. The van der Waals surface area contributed by atoms with Gasteiger partial charge in [0.25, 0.3) is 0 Å². The minimum atomic E-state index is -1.92. The highest BCUT2D eigenvalue weighted by Crippen LogP contribution is 2.26. The van der Waals surface area contributed by atoms with Crippen LogP contribution in [0.15, 0.2) is 36.5 Å². The van der Waals surface area contributed by atoms with Crippen LogP contribution in [0.3, 0.4) is 0 Å². The van der Waals surface area contributed by atoms with Crippen molar-refractivity contribution in [1.82, 2.24) is 10.2 Å². The standard InChI is InChI=1S/C16H18FN3O6/c17-9-3-1-2-8(6-9)13(24)16(18)4-5-20(15(25)19-16)14-12(23)11(22)10(7-21)26-14/h1-6,10-12,14,21-23H,7,18H2,(H,19,25)/t10-,11-,12-,14-,16?/m1/s1. The molecule has 1 aromatic rings. The van der Waals surface area contributed by atoms with E-state index in [0.717, 1.165) is 23.2 Å². The van der Waals surface area contributed by atoms with Gasteiger partial charge in [-0.05, 0) is 18.2 Å². The van der Waals surface area contributed by atoms with E-state index in [4.69, 9.17) is 15.6 Å². The van der Waals surface area contributed by atoms with E-state index >= 15 is 0 Å². The fourth-order valence-electron chi connectivity index (χ4n) is 2.86. The molecule has 140 valence electrons. The molecule has 2 heterocycles. The van der Waals surface area contributed by atoms with Crippen LogP contribution in [0.25, 0.3) is 0 Å². The zero-order valence-electron chi connectivity index (χ0n) is 13.4. The molecule has 0 bridgehead atoms. The van der Waals surface area contributed by atoms with Crippen LogP contribution in [0.1, 0.15) is 10.4 Å². The number of ether oxygens (including phenoxy) is 1. The van der Waals surface area contributed by atoms with E-state index in [2.05, 4.69) is 5.32 Å². The van der Waals surface area contributed by atoms with Gasteiger partial charge in [-0.15, -0.1) is 0 Å². The molecule has 0 aliphatic carbocycles. The number of carbonyl (C=O) groups is 2. The molecule has 26 heavy (non-hydrogen) atoms. The zero-order valence-corrected chi connectivity index (χ0v) is 13.4. The molecule has 0 spiro atoms. The first-order valence-electron chi connectivity index (χ1n) is 7.78. The van der Waals surface area contributed by atoms with Crippen LogP contribution >= 0.6 is 0 Å². The summed E-state index contributed by atoms with van der Waals surface area (Å²) in [6, 6.07) is 3.99. The fourth-order valence-corrected chi connectivity index (χ4v) is 2.86. The highest BCUT2D eigenvalue weighted by molar-refractivity contribution is 6.06. The second-order valence-electron chi connectivity index (χ2n) is 6.09. The van der Waals surface area contributed by atoms with E-state index in [-0.39, 0.29) is 5.56 Å². The lowest BCUT2D eigenvalue weighted by Crippen LogP contribution is -2.66. The molecule has 2 amide bonds. The van der Waals surface area contributed by atoms with Crippen molar-refractivity contribution in [2.75, 3.05) is 6.61 Å². The Morgan fingerprint density at radius 3 is 2.69 bits per heavy atom. The number of urea groups is 1. The van der Waals surface area contributed by atoms with Crippen molar-refractivity contribution in [3.63, 3.8) is 0 Å². The Bertz CT molecular complexity index is 759. The smallest absolute Gasteiger partial charge is 0.325 e. The minimum Gasteiger partial charge on any atom is -0.394 e. The Hall–Kier alpha value is -2.37. The molecule has 3 rings (SSSR count). The third-order valence-corrected chi connectivity index (χ3v) is 4.30. The third-order valence-electron chi connectivity index (χ3n) is 4.30. The lowest BCUT2D eigenvalue weighted by atomic mass is 9.97. The molecule has 1 fully saturated rings. The van der Waals surface area contributed by atoms with Gasteiger partial charge in [-0.1, -0.05) is 12.1 Å². The second kappa shape index (κ2) is 6.74. The van der Waals surface area contributed by atoms with Crippen LogP contribution in [-0.2, 0) is 4.74 Å². The number of aliphatic hydroxyl groups is 3. The summed E-state index contributed by atoms with van der Waals surface area (Å²) in [5.41, 5.74) is 4.00. The van der Waals surface area contributed by atoms with Gasteiger partial charge in [-0.3, -0.25) is 15.4 Å². The Kier molecular flexibility index (Phi) is 4.78. The van der Waals surface area contributed by atoms with E-state index in [9.17, 15) is 24.2 Å². The lowest BCUT2D eigenvalue weighted by molar-refractivity contribution is -0.0666. The highest BCUT2D eigenvalue weighted by Gasteiger charge is 2.48. The first-order chi connectivity index (χ1) is 12.3. The Balaban J connectivity index is 1.82. The van der Waals surface area contributed by atoms with E-state index in [1.165, 1.54) is 18.2 Å². The molecule has 6 N–H and O–H groups in total.